The number of hydrogen-bond acceptors (Lipinski definition) is 6. The first-order chi connectivity index (χ1) is 9.06. The van der Waals surface area contributed by atoms with Gasteiger partial charge in [-0.1, -0.05) is 12.1 Å². The van der Waals surface area contributed by atoms with E-state index in [0.29, 0.717) is 18.8 Å². The van der Waals surface area contributed by atoms with E-state index in [1.54, 1.807) is 12.1 Å². The number of anilines is 1. The highest BCUT2D eigenvalue weighted by molar-refractivity contribution is 5.65. The van der Waals surface area contributed by atoms with Gasteiger partial charge < -0.3 is 14.9 Å². The van der Waals surface area contributed by atoms with Crippen LogP contribution in [0.2, 0.25) is 0 Å². The van der Waals surface area contributed by atoms with Gasteiger partial charge in [-0.15, -0.1) is 0 Å². The van der Waals surface area contributed by atoms with E-state index >= 15 is 0 Å². The molecule has 0 atom stereocenters. The third-order valence-electron chi connectivity index (χ3n) is 2.41. The fourth-order valence-electron chi connectivity index (χ4n) is 1.55. The Morgan fingerprint density at radius 3 is 2.74 bits per heavy atom. The molecule has 19 heavy (non-hydrogen) atoms. The molecule has 0 heterocycles. The first kappa shape index (κ1) is 15.4. The normalized spacial score (nSPS) is 10.7. The number of nitrogens with one attached hydrogen (secondary N) is 1. The number of hydrazine groups is 1. The second-order valence-electron chi connectivity index (χ2n) is 4.18. The largest absolute Gasteiger partial charge is 0.376 e. The zero-order valence-electron chi connectivity index (χ0n) is 11.1. The SMILES string of the molecule is CC(C)OCCOCc1cccc([N+](=O)[O-])c1NN. The van der Waals surface area contributed by atoms with Crippen molar-refractivity contribution in [3.8, 4) is 0 Å². The van der Waals surface area contributed by atoms with E-state index in [4.69, 9.17) is 15.3 Å². The van der Waals surface area contributed by atoms with Crippen molar-refractivity contribution in [3.63, 3.8) is 0 Å². The molecule has 3 N–H and O–H groups in total. The zero-order valence-corrected chi connectivity index (χ0v) is 11.1. The summed E-state index contributed by atoms with van der Waals surface area (Å²) in [6.07, 6.45) is 0.155. The maximum absolute atomic E-state index is 10.8. The number of para-hydroxylation sites is 1. The predicted octanol–water partition coefficient (Wildman–Crippen LogP) is 1.82. The molecule has 0 bridgehead atoms. The number of ether oxygens (including phenoxy) is 2. The van der Waals surface area contributed by atoms with Crippen molar-refractivity contribution in [2.45, 2.75) is 26.6 Å². The number of hydrogen-bond donors (Lipinski definition) is 2. The number of nitrogen functional groups attached to an aromatic ring is 1. The van der Waals surface area contributed by atoms with Gasteiger partial charge in [0.2, 0.25) is 0 Å². The Bertz CT molecular complexity index is 423. The van der Waals surface area contributed by atoms with E-state index < -0.39 is 4.92 Å². The van der Waals surface area contributed by atoms with Gasteiger partial charge in [0.25, 0.3) is 5.69 Å². The van der Waals surface area contributed by atoms with Crippen LogP contribution in [-0.2, 0) is 16.1 Å². The minimum atomic E-state index is -0.486. The molecule has 0 radical (unpaired) electrons. The highest BCUT2D eigenvalue weighted by atomic mass is 16.6. The third kappa shape index (κ3) is 4.82. The van der Waals surface area contributed by atoms with Crippen LogP contribution in [0.5, 0.6) is 0 Å². The maximum Gasteiger partial charge on any atom is 0.294 e. The average Bonchev–Trinajstić information content (AvgIpc) is 2.37. The summed E-state index contributed by atoms with van der Waals surface area (Å²) in [5, 5.41) is 10.8. The Hall–Kier alpha value is -1.70. The molecule has 0 aromatic heterocycles. The van der Waals surface area contributed by atoms with Crippen molar-refractivity contribution < 1.29 is 14.4 Å². The van der Waals surface area contributed by atoms with E-state index in [0.717, 1.165) is 0 Å². The van der Waals surface area contributed by atoms with Crippen molar-refractivity contribution >= 4 is 11.4 Å². The first-order valence-corrected chi connectivity index (χ1v) is 5.98. The number of nitrogens with two attached hydrogens (primary N) is 1. The molecule has 0 spiro atoms. The molecule has 0 aliphatic heterocycles. The Labute approximate surface area is 111 Å². The van der Waals surface area contributed by atoms with Crippen LogP contribution in [0, 0.1) is 10.1 Å². The second-order valence-corrected chi connectivity index (χ2v) is 4.18. The van der Waals surface area contributed by atoms with Crippen LogP contribution in [-0.4, -0.2) is 24.2 Å². The fraction of sp³-hybridized carbons (Fsp3) is 0.500. The van der Waals surface area contributed by atoms with Crippen molar-refractivity contribution in [1.82, 2.24) is 0 Å². The Morgan fingerprint density at radius 2 is 2.16 bits per heavy atom. The summed E-state index contributed by atoms with van der Waals surface area (Å²) in [6.45, 7) is 5.03. The smallest absolute Gasteiger partial charge is 0.294 e. The summed E-state index contributed by atoms with van der Waals surface area (Å²) in [5.41, 5.74) is 3.20. The molecule has 1 aromatic rings. The lowest BCUT2D eigenvalue weighted by Gasteiger charge is -2.11. The van der Waals surface area contributed by atoms with E-state index in [-0.39, 0.29) is 24.1 Å². The van der Waals surface area contributed by atoms with Crippen LogP contribution in [0.1, 0.15) is 19.4 Å². The van der Waals surface area contributed by atoms with Crippen molar-refractivity contribution in [1.29, 1.82) is 0 Å². The Kier molecular flexibility index (Phi) is 6.20. The fourth-order valence-corrected chi connectivity index (χ4v) is 1.55. The van der Waals surface area contributed by atoms with Gasteiger partial charge in [0.15, 0.2) is 0 Å². The Morgan fingerprint density at radius 1 is 1.42 bits per heavy atom. The molecule has 106 valence electrons. The molecule has 1 aromatic carbocycles. The van der Waals surface area contributed by atoms with E-state index in [2.05, 4.69) is 5.43 Å². The predicted molar refractivity (Wildman–Crippen MR) is 71.7 cm³/mol. The van der Waals surface area contributed by atoms with Crippen LogP contribution in [0.25, 0.3) is 0 Å². The highest BCUT2D eigenvalue weighted by Crippen LogP contribution is 2.27. The average molecular weight is 269 g/mol. The molecule has 0 fully saturated rings. The van der Waals surface area contributed by atoms with Crippen LogP contribution in [0.4, 0.5) is 11.4 Å². The summed E-state index contributed by atoms with van der Waals surface area (Å²) in [6, 6.07) is 4.72. The molecule has 7 heteroatoms. The maximum atomic E-state index is 10.8. The highest BCUT2D eigenvalue weighted by Gasteiger charge is 2.16. The molecule has 0 aliphatic carbocycles. The molecule has 7 nitrogen and oxygen atoms in total. The molecule has 1 rings (SSSR count). The van der Waals surface area contributed by atoms with Crippen LogP contribution < -0.4 is 11.3 Å². The first-order valence-electron chi connectivity index (χ1n) is 5.98. The van der Waals surface area contributed by atoms with Gasteiger partial charge in [-0.3, -0.25) is 16.0 Å². The number of nitrogens with zero attached hydrogens (tertiary/aromatic N) is 1. The third-order valence-corrected chi connectivity index (χ3v) is 2.41. The van der Waals surface area contributed by atoms with E-state index in [1.165, 1.54) is 6.07 Å². The standard InChI is InChI=1S/C12H19N3O4/c1-9(2)19-7-6-18-8-10-4-3-5-11(15(16)17)12(10)14-13/h3-5,9,14H,6-8,13H2,1-2H3. The molecule has 0 amide bonds. The number of rotatable bonds is 8. The van der Waals surface area contributed by atoms with Crippen LogP contribution >= 0.6 is 0 Å². The van der Waals surface area contributed by atoms with E-state index in [1.807, 2.05) is 13.8 Å². The molecular weight excluding hydrogens is 250 g/mol. The van der Waals surface area contributed by atoms with Gasteiger partial charge >= 0.3 is 0 Å². The number of nitro benzene ring substituents is 1. The minimum Gasteiger partial charge on any atom is -0.376 e. The molecule has 0 saturated carbocycles. The van der Waals surface area contributed by atoms with E-state index in [9.17, 15) is 10.1 Å². The number of nitro groups is 1. The van der Waals surface area contributed by atoms with Gasteiger partial charge in [0, 0.05) is 11.6 Å². The van der Waals surface area contributed by atoms with Gasteiger partial charge in [-0.05, 0) is 13.8 Å². The van der Waals surface area contributed by atoms with Gasteiger partial charge in [0.1, 0.15) is 5.69 Å². The quantitative estimate of drug-likeness (QED) is 0.323. The Balaban J connectivity index is 2.58. The van der Waals surface area contributed by atoms with Crippen LogP contribution in [0.15, 0.2) is 18.2 Å². The molecule has 0 unspecified atom stereocenters. The lowest BCUT2D eigenvalue weighted by atomic mass is 10.1. The minimum absolute atomic E-state index is 0.0676. The van der Waals surface area contributed by atoms with Crippen LogP contribution in [0.3, 0.4) is 0 Å². The topological polar surface area (TPSA) is 99.6 Å². The summed E-state index contributed by atoms with van der Waals surface area (Å²) in [4.78, 5) is 10.3. The molecule has 0 aliphatic rings. The summed E-state index contributed by atoms with van der Waals surface area (Å²) >= 11 is 0. The van der Waals surface area contributed by atoms with Gasteiger partial charge in [-0.2, -0.15) is 0 Å². The molecule has 0 saturated heterocycles. The zero-order chi connectivity index (χ0) is 14.3. The number of benzene rings is 1. The lowest BCUT2D eigenvalue weighted by Crippen LogP contribution is -2.13. The van der Waals surface area contributed by atoms with Crippen molar-refractivity contribution in [2.75, 3.05) is 18.6 Å². The van der Waals surface area contributed by atoms with Gasteiger partial charge in [0.05, 0.1) is 30.8 Å². The summed E-state index contributed by atoms with van der Waals surface area (Å²) < 4.78 is 10.7. The molecular formula is C12H19N3O4. The summed E-state index contributed by atoms with van der Waals surface area (Å²) in [7, 11) is 0. The van der Waals surface area contributed by atoms with Crippen molar-refractivity contribution in [2.24, 2.45) is 5.84 Å². The van der Waals surface area contributed by atoms with Gasteiger partial charge in [-0.25, -0.2) is 0 Å². The summed E-state index contributed by atoms with van der Waals surface area (Å²) in [5.74, 6) is 5.32. The monoisotopic (exact) mass is 269 g/mol. The lowest BCUT2D eigenvalue weighted by molar-refractivity contribution is -0.384. The van der Waals surface area contributed by atoms with Crippen molar-refractivity contribution in [3.05, 3.63) is 33.9 Å². The second kappa shape index (κ2) is 7.67.